The van der Waals surface area contributed by atoms with Crippen LogP contribution < -0.4 is 0 Å². The van der Waals surface area contributed by atoms with Crippen LogP contribution in [-0.4, -0.2) is 31.4 Å². The van der Waals surface area contributed by atoms with Crippen LogP contribution in [0, 0.1) is 16.2 Å². The molecule has 3 N–H and O–H groups in total. The Morgan fingerprint density at radius 2 is 0.812 bits per heavy atom. The zero-order valence-corrected chi connectivity index (χ0v) is 6.58. The molecule has 0 amide bonds. The Bertz CT molecular complexity index is 200. The van der Waals surface area contributed by atoms with Crippen LogP contribution in [-0.2, 0) is 19.2 Å². The average Bonchev–Trinajstić information content (AvgIpc) is 2.08. The second-order valence-corrected chi connectivity index (χ2v) is 0.621. The first-order chi connectivity index (χ1) is 6.16. The lowest BCUT2D eigenvalue weighted by Gasteiger charge is -1.36. The van der Waals surface area contributed by atoms with Crippen molar-refractivity contribution in [3.63, 3.8) is 0 Å². The molecule has 0 aromatic rings. The van der Waals surface area contributed by atoms with E-state index < -0.39 is 0 Å². The quantitative estimate of drug-likeness (QED) is 0.430. The van der Waals surface area contributed by atoms with Gasteiger partial charge in [-0.3, -0.25) is 0 Å². The Labute approximate surface area is 94.9 Å². The molecule has 0 bridgehead atoms. The number of nitrogens with one attached hydrogen (secondary N) is 3. The largest absolute Gasteiger partial charge is 0.234 e. The Kier molecular flexibility index (Phi) is 815. The molecule has 0 fully saturated rings. The van der Waals surface area contributed by atoms with Crippen LogP contribution in [0.3, 0.4) is 0 Å². The van der Waals surface area contributed by atoms with Gasteiger partial charge in [-0.25, -0.2) is 40.4 Å². The molecule has 0 rings (SSSR count). The third kappa shape index (κ3) is 582. The van der Waals surface area contributed by atoms with E-state index in [1.807, 2.05) is 0 Å². The molecule has 0 aromatic carbocycles. The third-order valence-corrected chi connectivity index (χ3v) is 0.0913. The minimum Gasteiger partial charge on any atom is -0.222 e. The number of nitrogens with zero attached hydrogens (tertiary/aromatic N) is 1. The first kappa shape index (κ1) is 49.9. The van der Waals surface area contributed by atoms with Crippen molar-refractivity contribution in [1.82, 2.24) is 0 Å². The van der Waals surface area contributed by atoms with Crippen molar-refractivity contribution in [2.45, 2.75) is 22.3 Å². The standard InChI is InChI=1S/C2H3NO.3CHNO.3CH4/c1-3-2-4;3*2-1-3;;;/h1H3;3*2H;3*1H4. The first-order valence-electron chi connectivity index (χ1n) is 2.24. The zero-order chi connectivity index (χ0) is 11.5. The molecule has 94 valence electrons. The maximum Gasteiger partial charge on any atom is 0.234 e. The molecular weight excluding hydrogens is 216 g/mol. The van der Waals surface area contributed by atoms with E-state index in [9.17, 15) is 0 Å². The van der Waals surface area contributed by atoms with Gasteiger partial charge in [-0.2, -0.15) is 0 Å². The van der Waals surface area contributed by atoms with Crippen LogP contribution in [0.25, 0.3) is 0 Å². The third-order valence-electron chi connectivity index (χ3n) is 0.0913. The Morgan fingerprint density at radius 3 is 0.812 bits per heavy atom. The molecule has 0 aliphatic carbocycles. The lowest BCUT2D eigenvalue weighted by molar-refractivity contribution is 0.562. The predicted molar refractivity (Wildman–Crippen MR) is 59.5 cm³/mol. The van der Waals surface area contributed by atoms with Gasteiger partial charge in [0.1, 0.15) is 0 Å². The van der Waals surface area contributed by atoms with Crippen molar-refractivity contribution in [2.24, 2.45) is 4.99 Å². The van der Waals surface area contributed by atoms with Gasteiger partial charge in [0, 0.05) is 7.05 Å². The summed E-state index contributed by atoms with van der Waals surface area (Å²) in [7, 11) is 1.38. The van der Waals surface area contributed by atoms with Crippen molar-refractivity contribution in [3.8, 4) is 0 Å². The maximum absolute atomic E-state index is 8.88. The summed E-state index contributed by atoms with van der Waals surface area (Å²) in [5, 5.41) is 16.2. The molecule has 0 unspecified atom stereocenters. The molecule has 0 radical (unpaired) electrons. The van der Waals surface area contributed by atoms with Crippen LogP contribution in [0.5, 0.6) is 0 Å². The van der Waals surface area contributed by atoms with E-state index in [4.69, 9.17) is 35.4 Å². The highest BCUT2D eigenvalue weighted by atomic mass is 16.1. The van der Waals surface area contributed by atoms with Gasteiger partial charge < -0.3 is 0 Å². The lowest BCUT2D eigenvalue weighted by atomic mass is 11.4. The summed E-state index contributed by atoms with van der Waals surface area (Å²) in [6, 6.07) is 0. The Balaban J connectivity index is -0.0000000128. The highest BCUT2D eigenvalue weighted by Crippen LogP contribution is 1.28. The lowest BCUT2D eigenvalue weighted by Crippen LogP contribution is -1.38. The summed E-state index contributed by atoms with van der Waals surface area (Å²) in [5.41, 5.74) is 0. The molecule has 0 saturated carbocycles. The molecule has 0 saturated heterocycles. The maximum atomic E-state index is 8.88. The van der Waals surface area contributed by atoms with E-state index in [1.165, 1.54) is 13.1 Å². The summed E-state index contributed by atoms with van der Waals surface area (Å²) in [6.45, 7) is 0. The van der Waals surface area contributed by atoms with Crippen LogP contribution in [0.2, 0.25) is 0 Å². The predicted octanol–water partition coefficient (Wildman–Crippen LogP) is 1.56. The van der Waals surface area contributed by atoms with E-state index in [2.05, 4.69) is 4.99 Å². The highest BCUT2D eigenvalue weighted by molar-refractivity contribution is 5.32. The van der Waals surface area contributed by atoms with Crippen LogP contribution in [0.15, 0.2) is 4.99 Å². The Morgan fingerprint density at radius 1 is 0.750 bits per heavy atom. The van der Waals surface area contributed by atoms with Crippen LogP contribution in [0.1, 0.15) is 22.3 Å². The molecule has 0 aromatic heterocycles. The monoisotopic (exact) mass is 234 g/mol. The number of rotatable bonds is 0. The highest BCUT2D eigenvalue weighted by Gasteiger charge is 1.29. The summed E-state index contributed by atoms with van der Waals surface area (Å²) in [4.78, 5) is 36.9. The molecule has 8 heteroatoms. The second kappa shape index (κ2) is 262. The van der Waals surface area contributed by atoms with Gasteiger partial charge in [-0.15, -0.1) is 0 Å². The zero-order valence-electron chi connectivity index (χ0n) is 6.58. The molecule has 0 atom stereocenters. The molecule has 0 aliphatic heterocycles. The van der Waals surface area contributed by atoms with Crippen molar-refractivity contribution in [1.29, 1.82) is 16.2 Å². The molecule has 8 nitrogen and oxygen atoms in total. The van der Waals surface area contributed by atoms with Crippen molar-refractivity contribution >= 4 is 24.3 Å². The van der Waals surface area contributed by atoms with Gasteiger partial charge >= 0.3 is 0 Å². The van der Waals surface area contributed by atoms with Crippen molar-refractivity contribution in [2.75, 3.05) is 7.05 Å². The minimum atomic E-state index is 0. The average molecular weight is 234 g/mol. The molecule has 16 heavy (non-hydrogen) atoms. The Hall–Kier alpha value is -2.48. The normalized spacial score (nSPS) is 2.56. The minimum absolute atomic E-state index is 0. The topological polar surface area (TPSA) is 152 Å². The summed E-state index contributed by atoms with van der Waals surface area (Å²) < 4.78 is 0. The van der Waals surface area contributed by atoms with Crippen molar-refractivity contribution < 1.29 is 19.2 Å². The molecular formula is C8H18N4O4. The number of hydrogen-bond acceptors (Lipinski definition) is 8. The summed E-state index contributed by atoms with van der Waals surface area (Å²) >= 11 is 0. The van der Waals surface area contributed by atoms with E-state index >= 15 is 0 Å². The fraction of sp³-hybridized carbons (Fsp3) is 0.500. The molecule has 0 spiro atoms. The fourth-order valence-electron chi connectivity index (χ4n) is 0. The summed E-state index contributed by atoms with van der Waals surface area (Å²) in [6.07, 6.45) is 3.56. The smallest absolute Gasteiger partial charge is 0.222 e. The first-order valence-corrected chi connectivity index (χ1v) is 2.24. The van der Waals surface area contributed by atoms with E-state index in [0.717, 1.165) is 18.2 Å². The van der Waals surface area contributed by atoms with Gasteiger partial charge in [0.25, 0.3) is 0 Å². The number of hydrogen-bond donors (Lipinski definition) is 3. The fourth-order valence-corrected chi connectivity index (χ4v) is 0. The van der Waals surface area contributed by atoms with Gasteiger partial charge in [-0.05, 0) is 0 Å². The SMILES string of the molecule is C.C.C.CN=C=O.N=C=O.N=C=O.N=C=O. The number of isocyanates is 4. The molecule has 0 heterocycles. The second-order valence-electron chi connectivity index (χ2n) is 0.621. The number of carbonyl (C=O) groups excluding carboxylic acids is 4. The van der Waals surface area contributed by atoms with Gasteiger partial charge in [-0.1, -0.05) is 22.3 Å². The van der Waals surface area contributed by atoms with E-state index in [0.29, 0.717) is 0 Å². The molecule has 0 aliphatic rings. The van der Waals surface area contributed by atoms with E-state index in [1.54, 1.807) is 0 Å². The number of aliphatic imine (C=N–C) groups is 1. The van der Waals surface area contributed by atoms with Crippen LogP contribution in [0.4, 0.5) is 0 Å². The van der Waals surface area contributed by atoms with Crippen molar-refractivity contribution in [3.05, 3.63) is 0 Å². The van der Waals surface area contributed by atoms with Gasteiger partial charge in [0.2, 0.25) is 24.3 Å². The van der Waals surface area contributed by atoms with Gasteiger partial charge in [0.15, 0.2) is 0 Å². The van der Waals surface area contributed by atoms with Gasteiger partial charge in [0.05, 0.1) is 0 Å². The summed E-state index contributed by atoms with van der Waals surface area (Å²) in [5.74, 6) is 0. The van der Waals surface area contributed by atoms with Crippen LogP contribution >= 0.6 is 0 Å². The van der Waals surface area contributed by atoms with E-state index in [-0.39, 0.29) is 22.3 Å².